The Morgan fingerprint density at radius 3 is 2.65 bits per heavy atom. The second kappa shape index (κ2) is 7.03. The van der Waals surface area contributed by atoms with Gasteiger partial charge in [-0.25, -0.2) is 13.1 Å². The van der Waals surface area contributed by atoms with Gasteiger partial charge in [-0.1, -0.05) is 6.92 Å². The molecule has 1 saturated heterocycles. The highest BCUT2D eigenvalue weighted by molar-refractivity contribution is 7.89. The second-order valence-electron chi connectivity index (χ2n) is 5.12. The maximum Gasteiger partial charge on any atom is 0.308 e. The molecule has 20 heavy (non-hydrogen) atoms. The molecule has 1 amide bonds. The molecule has 2 N–H and O–H groups in total. The van der Waals surface area contributed by atoms with E-state index in [9.17, 15) is 18.0 Å². The Morgan fingerprint density at radius 2 is 2.10 bits per heavy atom. The van der Waals surface area contributed by atoms with Crippen LogP contribution in [0.3, 0.4) is 0 Å². The summed E-state index contributed by atoms with van der Waals surface area (Å²) in [5.41, 5.74) is 0. The van der Waals surface area contributed by atoms with Gasteiger partial charge in [0.05, 0.1) is 17.7 Å². The molecule has 0 aromatic heterocycles. The SMILES string of the molecule is CCCS(=O)(=O)NC(C)C(=O)N1CCC[C@@H](C(=O)O)C1. The molecule has 1 aliphatic rings. The second-order valence-corrected chi connectivity index (χ2v) is 6.99. The molecule has 0 radical (unpaired) electrons. The first-order valence-electron chi connectivity index (χ1n) is 6.78. The molecule has 8 heteroatoms. The molecule has 1 fully saturated rings. The Kier molecular flexibility index (Phi) is 5.94. The molecule has 116 valence electrons. The largest absolute Gasteiger partial charge is 0.481 e. The first kappa shape index (κ1) is 16.9. The summed E-state index contributed by atoms with van der Waals surface area (Å²) in [6, 6.07) is -0.862. The van der Waals surface area contributed by atoms with Crippen LogP contribution in [0.15, 0.2) is 0 Å². The summed E-state index contributed by atoms with van der Waals surface area (Å²) in [5, 5.41) is 8.98. The van der Waals surface area contributed by atoms with Crippen molar-refractivity contribution in [3.63, 3.8) is 0 Å². The number of carboxylic acid groups (broad SMARTS) is 1. The number of nitrogens with one attached hydrogen (secondary N) is 1. The third-order valence-corrected chi connectivity index (χ3v) is 4.94. The van der Waals surface area contributed by atoms with E-state index in [4.69, 9.17) is 5.11 Å². The number of aliphatic carboxylic acids is 1. The fraction of sp³-hybridized carbons (Fsp3) is 0.833. The van der Waals surface area contributed by atoms with Gasteiger partial charge in [0.15, 0.2) is 0 Å². The molecule has 0 aromatic carbocycles. The number of rotatable bonds is 6. The fourth-order valence-electron chi connectivity index (χ4n) is 2.30. The zero-order chi connectivity index (χ0) is 15.3. The molecule has 0 bridgehead atoms. The fourth-order valence-corrected chi connectivity index (χ4v) is 3.59. The quantitative estimate of drug-likeness (QED) is 0.720. The van der Waals surface area contributed by atoms with Crippen LogP contribution in [-0.2, 0) is 19.6 Å². The van der Waals surface area contributed by atoms with Crippen molar-refractivity contribution in [3.05, 3.63) is 0 Å². The summed E-state index contributed by atoms with van der Waals surface area (Å²) in [6.45, 7) is 3.85. The summed E-state index contributed by atoms with van der Waals surface area (Å²) in [5.74, 6) is -1.87. The van der Waals surface area contributed by atoms with Crippen molar-refractivity contribution in [1.82, 2.24) is 9.62 Å². The zero-order valence-corrected chi connectivity index (χ0v) is 12.6. The lowest BCUT2D eigenvalue weighted by molar-refractivity contribution is -0.146. The first-order valence-corrected chi connectivity index (χ1v) is 8.43. The highest BCUT2D eigenvalue weighted by Crippen LogP contribution is 2.17. The van der Waals surface area contributed by atoms with Gasteiger partial charge >= 0.3 is 5.97 Å². The minimum atomic E-state index is -3.46. The smallest absolute Gasteiger partial charge is 0.308 e. The lowest BCUT2D eigenvalue weighted by atomic mass is 9.98. The summed E-state index contributed by atoms with van der Waals surface area (Å²) >= 11 is 0. The van der Waals surface area contributed by atoms with Gasteiger partial charge in [-0.05, 0) is 26.2 Å². The summed E-state index contributed by atoms with van der Waals surface area (Å²) < 4.78 is 25.6. The molecular weight excluding hydrogens is 284 g/mol. The van der Waals surface area contributed by atoms with Crippen LogP contribution in [0.5, 0.6) is 0 Å². The molecule has 0 spiro atoms. The van der Waals surface area contributed by atoms with Crippen molar-refractivity contribution in [2.45, 2.75) is 39.2 Å². The molecule has 7 nitrogen and oxygen atoms in total. The Labute approximate surface area is 119 Å². The van der Waals surface area contributed by atoms with Crippen LogP contribution in [0.25, 0.3) is 0 Å². The lowest BCUT2D eigenvalue weighted by Crippen LogP contribution is -2.51. The van der Waals surface area contributed by atoms with Crippen LogP contribution >= 0.6 is 0 Å². The van der Waals surface area contributed by atoms with E-state index in [1.165, 1.54) is 11.8 Å². The molecule has 0 aromatic rings. The van der Waals surface area contributed by atoms with Gasteiger partial charge in [-0.2, -0.15) is 0 Å². The highest BCUT2D eigenvalue weighted by atomic mass is 32.2. The van der Waals surface area contributed by atoms with Gasteiger partial charge in [0, 0.05) is 13.1 Å². The average Bonchev–Trinajstić information content (AvgIpc) is 2.37. The summed E-state index contributed by atoms with van der Waals surface area (Å²) in [7, 11) is -3.46. The predicted octanol–water partition coefficient (Wildman–Crippen LogP) is 0.0275. The number of sulfonamides is 1. The van der Waals surface area contributed by atoms with E-state index in [0.717, 1.165) is 0 Å². The molecule has 0 aliphatic carbocycles. The molecule has 2 atom stereocenters. The monoisotopic (exact) mass is 306 g/mol. The third kappa shape index (κ3) is 4.75. The molecule has 1 rings (SSSR count). The van der Waals surface area contributed by atoms with E-state index in [-0.39, 0.29) is 18.2 Å². The number of nitrogens with zero attached hydrogens (tertiary/aromatic N) is 1. The number of piperidine rings is 1. The Hall–Kier alpha value is -1.15. The van der Waals surface area contributed by atoms with E-state index in [1.807, 2.05) is 0 Å². The lowest BCUT2D eigenvalue weighted by Gasteiger charge is -2.32. The minimum absolute atomic E-state index is 0.0254. The van der Waals surface area contributed by atoms with Crippen molar-refractivity contribution in [1.29, 1.82) is 0 Å². The van der Waals surface area contributed by atoms with E-state index < -0.39 is 28.0 Å². The minimum Gasteiger partial charge on any atom is -0.481 e. The number of carboxylic acids is 1. The van der Waals surface area contributed by atoms with Crippen LogP contribution in [0.1, 0.15) is 33.1 Å². The number of carbonyl (C=O) groups excluding carboxylic acids is 1. The Bertz CT molecular complexity index is 462. The van der Waals surface area contributed by atoms with Crippen molar-refractivity contribution >= 4 is 21.9 Å². The van der Waals surface area contributed by atoms with Crippen LogP contribution < -0.4 is 4.72 Å². The third-order valence-electron chi connectivity index (χ3n) is 3.28. The highest BCUT2D eigenvalue weighted by Gasteiger charge is 2.31. The van der Waals surface area contributed by atoms with E-state index in [0.29, 0.717) is 25.8 Å². The molecule has 1 unspecified atom stereocenters. The van der Waals surface area contributed by atoms with Crippen molar-refractivity contribution in [2.75, 3.05) is 18.8 Å². The van der Waals surface area contributed by atoms with E-state index >= 15 is 0 Å². The zero-order valence-electron chi connectivity index (χ0n) is 11.8. The number of likely N-dealkylation sites (tertiary alicyclic amines) is 1. The molecule has 1 aliphatic heterocycles. The average molecular weight is 306 g/mol. The van der Waals surface area contributed by atoms with Gasteiger partial charge in [-0.3, -0.25) is 9.59 Å². The Balaban J connectivity index is 2.62. The summed E-state index contributed by atoms with van der Waals surface area (Å²) in [6.07, 6.45) is 1.65. The van der Waals surface area contributed by atoms with Crippen LogP contribution in [0.2, 0.25) is 0 Å². The topological polar surface area (TPSA) is 104 Å². The van der Waals surface area contributed by atoms with Gasteiger partial charge in [0.2, 0.25) is 15.9 Å². The van der Waals surface area contributed by atoms with Crippen LogP contribution in [0.4, 0.5) is 0 Å². The molecule has 1 heterocycles. The van der Waals surface area contributed by atoms with Gasteiger partial charge in [0.1, 0.15) is 0 Å². The van der Waals surface area contributed by atoms with Crippen LogP contribution in [-0.4, -0.2) is 55.2 Å². The van der Waals surface area contributed by atoms with Crippen molar-refractivity contribution < 1.29 is 23.1 Å². The summed E-state index contributed by atoms with van der Waals surface area (Å²) in [4.78, 5) is 24.5. The normalized spacial score (nSPS) is 21.5. The van der Waals surface area contributed by atoms with Gasteiger partial charge in [-0.15, -0.1) is 0 Å². The first-order chi connectivity index (χ1) is 9.26. The number of amides is 1. The Morgan fingerprint density at radius 1 is 1.45 bits per heavy atom. The molecule has 0 saturated carbocycles. The van der Waals surface area contributed by atoms with Gasteiger partial charge < -0.3 is 10.0 Å². The maximum atomic E-state index is 12.2. The van der Waals surface area contributed by atoms with Gasteiger partial charge in [0.25, 0.3) is 0 Å². The van der Waals surface area contributed by atoms with Crippen molar-refractivity contribution in [3.8, 4) is 0 Å². The number of carbonyl (C=O) groups is 2. The molecular formula is C12H22N2O5S. The van der Waals surface area contributed by atoms with E-state index in [1.54, 1.807) is 6.92 Å². The standard InChI is InChI=1S/C12H22N2O5S/c1-3-7-20(18,19)13-9(2)11(15)14-6-4-5-10(8-14)12(16)17/h9-10,13H,3-8H2,1-2H3,(H,16,17)/t9?,10-/m1/s1. The number of hydrogen-bond acceptors (Lipinski definition) is 4. The predicted molar refractivity (Wildman–Crippen MR) is 73.6 cm³/mol. The van der Waals surface area contributed by atoms with Crippen LogP contribution in [0, 0.1) is 5.92 Å². The van der Waals surface area contributed by atoms with E-state index in [2.05, 4.69) is 4.72 Å². The maximum absolute atomic E-state index is 12.2. The number of hydrogen-bond donors (Lipinski definition) is 2. The van der Waals surface area contributed by atoms with Crippen molar-refractivity contribution in [2.24, 2.45) is 5.92 Å².